The fraction of sp³-hybridized carbons (Fsp3) is 0.429. The fourth-order valence-corrected chi connectivity index (χ4v) is 1.95. The SMILES string of the molecule is CC(C(=O)c1ccc2c(c1)OCO2)N(C)C(=O)N(C)C. The molecule has 2 rings (SSSR count). The number of hydrogen-bond donors (Lipinski definition) is 0. The van der Waals surface area contributed by atoms with E-state index >= 15 is 0 Å². The van der Waals surface area contributed by atoms with E-state index in [-0.39, 0.29) is 18.6 Å². The first kappa shape index (κ1) is 14.2. The molecule has 20 heavy (non-hydrogen) atoms. The van der Waals surface area contributed by atoms with E-state index < -0.39 is 6.04 Å². The lowest BCUT2D eigenvalue weighted by molar-refractivity contribution is 0.0871. The Balaban J connectivity index is 2.16. The predicted octanol–water partition coefficient (Wildman–Crippen LogP) is 1.60. The maximum atomic E-state index is 12.4. The molecule has 1 aliphatic rings. The molecule has 1 heterocycles. The fourth-order valence-electron chi connectivity index (χ4n) is 1.95. The summed E-state index contributed by atoms with van der Waals surface area (Å²) in [6.07, 6.45) is 0. The number of benzene rings is 1. The van der Waals surface area contributed by atoms with Gasteiger partial charge in [0.15, 0.2) is 17.3 Å². The van der Waals surface area contributed by atoms with Crippen LogP contribution in [0.25, 0.3) is 0 Å². The largest absolute Gasteiger partial charge is 0.454 e. The molecule has 0 spiro atoms. The predicted molar refractivity (Wildman–Crippen MR) is 73.2 cm³/mol. The second-order valence-corrected chi connectivity index (χ2v) is 4.90. The Kier molecular flexibility index (Phi) is 3.83. The molecule has 6 nitrogen and oxygen atoms in total. The Hall–Kier alpha value is -2.24. The molecule has 1 atom stereocenters. The van der Waals surface area contributed by atoms with Gasteiger partial charge >= 0.3 is 6.03 Å². The maximum Gasteiger partial charge on any atom is 0.319 e. The minimum atomic E-state index is -0.551. The quantitative estimate of drug-likeness (QED) is 0.788. The van der Waals surface area contributed by atoms with Crippen LogP contribution >= 0.6 is 0 Å². The lowest BCUT2D eigenvalue weighted by Crippen LogP contribution is -2.45. The molecule has 1 unspecified atom stereocenters. The highest BCUT2D eigenvalue weighted by molar-refractivity contribution is 6.02. The highest BCUT2D eigenvalue weighted by Crippen LogP contribution is 2.32. The van der Waals surface area contributed by atoms with Crippen molar-refractivity contribution >= 4 is 11.8 Å². The highest BCUT2D eigenvalue weighted by atomic mass is 16.7. The van der Waals surface area contributed by atoms with Gasteiger partial charge < -0.3 is 19.3 Å². The number of likely N-dealkylation sites (N-methyl/N-ethyl adjacent to an activating group) is 1. The number of Topliss-reactive ketones (excluding diaryl/α,β-unsaturated/α-hetero) is 1. The number of carbonyl (C=O) groups excluding carboxylic acids is 2. The van der Waals surface area contributed by atoms with E-state index in [1.54, 1.807) is 46.3 Å². The lowest BCUT2D eigenvalue weighted by atomic mass is 10.0. The number of ketones is 1. The molecule has 0 radical (unpaired) electrons. The van der Waals surface area contributed by atoms with Gasteiger partial charge in [-0.05, 0) is 25.1 Å². The number of rotatable bonds is 3. The standard InChI is InChI=1S/C14H18N2O4/c1-9(16(4)14(18)15(2)3)13(17)10-5-6-11-12(7-10)20-8-19-11/h5-7,9H,8H2,1-4H3. The van der Waals surface area contributed by atoms with E-state index in [0.29, 0.717) is 17.1 Å². The van der Waals surface area contributed by atoms with E-state index in [2.05, 4.69) is 0 Å². The monoisotopic (exact) mass is 278 g/mol. The zero-order valence-corrected chi connectivity index (χ0v) is 12.0. The Morgan fingerprint density at radius 2 is 1.80 bits per heavy atom. The van der Waals surface area contributed by atoms with Crippen molar-refractivity contribution in [1.29, 1.82) is 0 Å². The van der Waals surface area contributed by atoms with Gasteiger partial charge in [0.2, 0.25) is 6.79 Å². The van der Waals surface area contributed by atoms with Gasteiger partial charge in [0.25, 0.3) is 0 Å². The van der Waals surface area contributed by atoms with Gasteiger partial charge in [0.1, 0.15) is 0 Å². The molecule has 0 saturated heterocycles. The molecular formula is C14H18N2O4. The second-order valence-electron chi connectivity index (χ2n) is 4.90. The van der Waals surface area contributed by atoms with E-state index in [0.717, 1.165) is 0 Å². The maximum absolute atomic E-state index is 12.4. The van der Waals surface area contributed by atoms with Crippen LogP contribution in [0.3, 0.4) is 0 Å². The molecular weight excluding hydrogens is 260 g/mol. The van der Waals surface area contributed by atoms with Crippen LogP contribution in [0.4, 0.5) is 4.79 Å². The molecule has 0 aliphatic carbocycles. The van der Waals surface area contributed by atoms with Crippen molar-refractivity contribution in [2.45, 2.75) is 13.0 Å². The van der Waals surface area contributed by atoms with Crippen molar-refractivity contribution < 1.29 is 19.1 Å². The third-order valence-electron chi connectivity index (χ3n) is 3.30. The van der Waals surface area contributed by atoms with Crippen LogP contribution in [0.5, 0.6) is 11.5 Å². The Bertz CT molecular complexity index is 542. The zero-order valence-electron chi connectivity index (χ0n) is 12.0. The summed E-state index contributed by atoms with van der Waals surface area (Å²) in [6.45, 7) is 1.87. The van der Waals surface area contributed by atoms with E-state index in [9.17, 15) is 9.59 Å². The molecule has 0 fully saturated rings. The summed E-state index contributed by atoms with van der Waals surface area (Å²) in [6, 6.07) is 4.27. The minimum Gasteiger partial charge on any atom is -0.454 e. The van der Waals surface area contributed by atoms with Gasteiger partial charge in [0, 0.05) is 26.7 Å². The number of carbonyl (C=O) groups is 2. The van der Waals surface area contributed by atoms with Crippen LogP contribution in [0, 0.1) is 0 Å². The molecule has 0 aromatic heterocycles. The van der Waals surface area contributed by atoms with Crippen molar-refractivity contribution in [2.24, 2.45) is 0 Å². The number of urea groups is 1. The van der Waals surface area contributed by atoms with Gasteiger partial charge in [-0.2, -0.15) is 0 Å². The van der Waals surface area contributed by atoms with Gasteiger partial charge in [-0.25, -0.2) is 4.79 Å². The molecule has 1 aliphatic heterocycles. The first-order valence-electron chi connectivity index (χ1n) is 6.29. The molecule has 1 aromatic rings. The van der Waals surface area contributed by atoms with Crippen molar-refractivity contribution in [2.75, 3.05) is 27.9 Å². The number of ether oxygens (including phenoxy) is 2. The number of hydrogen-bond acceptors (Lipinski definition) is 4. The third-order valence-corrected chi connectivity index (χ3v) is 3.30. The molecule has 2 amide bonds. The van der Waals surface area contributed by atoms with Crippen LogP contribution in [-0.2, 0) is 0 Å². The Morgan fingerprint density at radius 1 is 1.15 bits per heavy atom. The first-order valence-corrected chi connectivity index (χ1v) is 6.29. The molecule has 108 valence electrons. The summed E-state index contributed by atoms with van der Waals surface area (Å²) < 4.78 is 10.5. The summed E-state index contributed by atoms with van der Waals surface area (Å²) in [4.78, 5) is 27.1. The molecule has 6 heteroatoms. The van der Waals surface area contributed by atoms with Crippen LogP contribution < -0.4 is 9.47 Å². The lowest BCUT2D eigenvalue weighted by Gasteiger charge is -2.27. The number of amides is 2. The minimum absolute atomic E-state index is 0.138. The molecule has 0 saturated carbocycles. The van der Waals surface area contributed by atoms with E-state index in [1.807, 2.05) is 0 Å². The Morgan fingerprint density at radius 3 is 2.45 bits per heavy atom. The van der Waals surface area contributed by atoms with Crippen LogP contribution in [0.1, 0.15) is 17.3 Å². The topological polar surface area (TPSA) is 59.1 Å². The summed E-state index contributed by atoms with van der Waals surface area (Å²) in [5.74, 6) is 1.05. The van der Waals surface area contributed by atoms with Gasteiger partial charge in [0.05, 0.1) is 6.04 Å². The first-order chi connectivity index (χ1) is 9.41. The average molecular weight is 278 g/mol. The summed E-state index contributed by atoms with van der Waals surface area (Å²) in [7, 11) is 4.91. The van der Waals surface area contributed by atoms with E-state index in [1.165, 1.54) is 9.80 Å². The smallest absolute Gasteiger partial charge is 0.319 e. The van der Waals surface area contributed by atoms with Crippen molar-refractivity contribution in [3.63, 3.8) is 0 Å². The number of nitrogens with zero attached hydrogens (tertiary/aromatic N) is 2. The van der Waals surface area contributed by atoms with Crippen molar-refractivity contribution in [3.8, 4) is 11.5 Å². The summed E-state index contributed by atoms with van der Waals surface area (Å²) >= 11 is 0. The van der Waals surface area contributed by atoms with E-state index in [4.69, 9.17) is 9.47 Å². The second kappa shape index (κ2) is 5.40. The summed E-state index contributed by atoms with van der Waals surface area (Å²) in [5, 5.41) is 0. The average Bonchev–Trinajstić information content (AvgIpc) is 2.91. The zero-order chi connectivity index (χ0) is 14.9. The molecule has 0 bridgehead atoms. The Labute approximate surface area is 117 Å². The normalized spacial score (nSPS) is 13.8. The van der Waals surface area contributed by atoms with Gasteiger partial charge in [-0.15, -0.1) is 0 Å². The van der Waals surface area contributed by atoms with Gasteiger partial charge in [-0.1, -0.05) is 0 Å². The highest BCUT2D eigenvalue weighted by Gasteiger charge is 2.26. The molecule has 1 aromatic carbocycles. The van der Waals surface area contributed by atoms with Crippen molar-refractivity contribution in [3.05, 3.63) is 23.8 Å². The van der Waals surface area contributed by atoms with Crippen LogP contribution in [-0.4, -0.2) is 55.6 Å². The summed E-state index contributed by atoms with van der Waals surface area (Å²) in [5.41, 5.74) is 0.500. The van der Waals surface area contributed by atoms with Gasteiger partial charge in [-0.3, -0.25) is 4.79 Å². The molecule has 0 N–H and O–H groups in total. The van der Waals surface area contributed by atoms with Crippen molar-refractivity contribution in [1.82, 2.24) is 9.80 Å². The number of fused-ring (bicyclic) bond motifs is 1. The van der Waals surface area contributed by atoms with Crippen LogP contribution in [0.2, 0.25) is 0 Å². The van der Waals surface area contributed by atoms with Crippen LogP contribution in [0.15, 0.2) is 18.2 Å². The third kappa shape index (κ3) is 2.54.